The number of nitrogens with one attached hydrogen (secondary N) is 1. The Hall–Kier alpha value is -3.01. The van der Waals surface area contributed by atoms with Gasteiger partial charge in [0.15, 0.2) is 14.6 Å². The molecule has 2 aromatic rings. The van der Waals surface area contributed by atoms with Gasteiger partial charge in [-0.1, -0.05) is 79.6 Å². The summed E-state index contributed by atoms with van der Waals surface area (Å²) < 4.78 is 36.1. The number of benzene rings is 2. The standard InChI is InChI=1S/C29H38N2O6S/c1-4-18-29(28(33)31-30,38(3,34)35)25-17-16-21(2)20-24(25)23(14-10-13-22-11-6-5-7-12-22)27(32)37-26-15-8-9-19-36-26/h5-7,10-13,16-17,20,23,26H,4,8-9,14-15,18-19,30H2,1-3H3,(H,31,33)/b13-10+/t23-,26?,29+/m0/s1. The zero-order valence-corrected chi connectivity index (χ0v) is 23.1. The van der Waals surface area contributed by atoms with E-state index >= 15 is 0 Å². The fraction of sp³-hybridized carbons (Fsp3) is 0.448. The van der Waals surface area contributed by atoms with E-state index in [0.29, 0.717) is 25.0 Å². The summed E-state index contributed by atoms with van der Waals surface area (Å²) in [5.41, 5.74) is 4.49. The third-order valence-electron chi connectivity index (χ3n) is 6.90. The molecule has 3 rings (SSSR count). The van der Waals surface area contributed by atoms with Crippen molar-refractivity contribution >= 4 is 27.8 Å². The van der Waals surface area contributed by atoms with Gasteiger partial charge in [-0.3, -0.25) is 15.0 Å². The number of rotatable bonds is 11. The minimum Gasteiger partial charge on any atom is -0.435 e. The monoisotopic (exact) mass is 542 g/mol. The maximum atomic E-state index is 13.7. The van der Waals surface area contributed by atoms with Crippen molar-refractivity contribution in [3.05, 3.63) is 76.9 Å². The number of esters is 1. The van der Waals surface area contributed by atoms with E-state index in [1.807, 2.05) is 49.4 Å². The van der Waals surface area contributed by atoms with Crippen LogP contribution in [0, 0.1) is 6.92 Å². The summed E-state index contributed by atoms with van der Waals surface area (Å²) in [5, 5.41) is 0. The number of ether oxygens (including phenoxy) is 2. The van der Waals surface area contributed by atoms with Crippen molar-refractivity contribution in [1.29, 1.82) is 0 Å². The van der Waals surface area contributed by atoms with E-state index in [-0.39, 0.29) is 18.4 Å². The van der Waals surface area contributed by atoms with E-state index in [1.54, 1.807) is 25.1 Å². The largest absolute Gasteiger partial charge is 0.435 e. The minimum absolute atomic E-state index is 0.00170. The van der Waals surface area contributed by atoms with Crippen LogP contribution in [0.2, 0.25) is 0 Å². The van der Waals surface area contributed by atoms with Crippen molar-refractivity contribution in [3.8, 4) is 0 Å². The Balaban J connectivity index is 2.15. The molecular formula is C29H38N2O6S. The van der Waals surface area contributed by atoms with Crippen molar-refractivity contribution in [2.75, 3.05) is 12.9 Å². The molecule has 1 fully saturated rings. The number of sulfone groups is 1. The van der Waals surface area contributed by atoms with Gasteiger partial charge in [0, 0.05) is 12.7 Å². The van der Waals surface area contributed by atoms with Gasteiger partial charge in [0.2, 0.25) is 6.29 Å². The molecule has 1 saturated heterocycles. The maximum Gasteiger partial charge on any atom is 0.316 e. The van der Waals surface area contributed by atoms with Crippen molar-refractivity contribution in [2.24, 2.45) is 5.84 Å². The van der Waals surface area contributed by atoms with Crippen molar-refractivity contribution in [2.45, 2.75) is 69.3 Å². The Kier molecular flexibility index (Phi) is 10.2. The first-order valence-corrected chi connectivity index (χ1v) is 14.9. The molecule has 0 bridgehead atoms. The second-order valence-corrected chi connectivity index (χ2v) is 12.0. The number of carbonyl (C=O) groups excluding carboxylic acids is 2. The molecule has 1 amide bonds. The van der Waals surface area contributed by atoms with Crippen LogP contribution in [-0.4, -0.2) is 39.4 Å². The lowest BCUT2D eigenvalue weighted by Crippen LogP contribution is -2.52. The third-order valence-corrected chi connectivity index (χ3v) is 8.78. The first kappa shape index (κ1) is 29.5. The lowest BCUT2D eigenvalue weighted by molar-refractivity contribution is -0.188. The first-order chi connectivity index (χ1) is 18.1. The average molecular weight is 543 g/mol. The maximum absolute atomic E-state index is 13.7. The number of hydrogen-bond acceptors (Lipinski definition) is 7. The van der Waals surface area contributed by atoms with E-state index in [9.17, 15) is 18.0 Å². The molecule has 1 heterocycles. The smallest absolute Gasteiger partial charge is 0.316 e. The van der Waals surface area contributed by atoms with E-state index < -0.39 is 38.7 Å². The van der Waals surface area contributed by atoms with Gasteiger partial charge in [0.05, 0.1) is 12.5 Å². The normalized spacial score (nSPS) is 18.5. The van der Waals surface area contributed by atoms with Crippen LogP contribution in [0.3, 0.4) is 0 Å². The molecule has 0 aliphatic carbocycles. The van der Waals surface area contributed by atoms with Crippen LogP contribution in [0.5, 0.6) is 0 Å². The highest BCUT2D eigenvalue weighted by Crippen LogP contribution is 2.41. The second-order valence-electron chi connectivity index (χ2n) is 9.75. The summed E-state index contributed by atoms with van der Waals surface area (Å²) in [5.74, 6) is 3.28. The van der Waals surface area contributed by atoms with Gasteiger partial charge in [0.1, 0.15) is 0 Å². The summed E-state index contributed by atoms with van der Waals surface area (Å²) in [6.07, 6.45) is 7.14. The number of allylic oxidation sites excluding steroid dienone is 1. The van der Waals surface area contributed by atoms with Gasteiger partial charge in [-0.25, -0.2) is 14.3 Å². The molecule has 9 heteroatoms. The second kappa shape index (κ2) is 13.2. The molecule has 3 atom stereocenters. The predicted octanol–water partition coefficient (Wildman–Crippen LogP) is 4.28. The molecule has 0 radical (unpaired) electrons. The average Bonchev–Trinajstić information content (AvgIpc) is 2.90. The SMILES string of the molecule is CCC[C@](C(=O)NN)(c1ccc(C)cc1[C@H](C/C=C/c1ccccc1)C(=O)OC1CCCCO1)S(C)(=O)=O. The zero-order valence-electron chi connectivity index (χ0n) is 22.3. The number of hydrazine groups is 1. The predicted molar refractivity (Wildman–Crippen MR) is 147 cm³/mol. The first-order valence-electron chi connectivity index (χ1n) is 13.0. The number of amides is 1. The highest BCUT2D eigenvalue weighted by molar-refractivity contribution is 7.92. The van der Waals surface area contributed by atoms with Crippen LogP contribution >= 0.6 is 0 Å². The molecule has 2 aromatic carbocycles. The summed E-state index contributed by atoms with van der Waals surface area (Å²) in [7, 11) is -4.03. The number of nitrogens with two attached hydrogens (primary N) is 1. The van der Waals surface area contributed by atoms with Gasteiger partial charge in [-0.05, 0) is 49.3 Å². The van der Waals surface area contributed by atoms with Crippen LogP contribution in [0.15, 0.2) is 54.6 Å². The van der Waals surface area contributed by atoms with Gasteiger partial charge in [-0.2, -0.15) is 0 Å². The molecule has 1 aliphatic rings. The fourth-order valence-electron chi connectivity index (χ4n) is 5.00. The van der Waals surface area contributed by atoms with Gasteiger partial charge >= 0.3 is 5.97 Å². The van der Waals surface area contributed by atoms with Crippen molar-refractivity contribution in [1.82, 2.24) is 5.43 Å². The molecule has 206 valence electrons. The number of hydrogen-bond donors (Lipinski definition) is 2. The summed E-state index contributed by atoms with van der Waals surface area (Å²) >= 11 is 0. The lowest BCUT2D eigenvalue weighted by Gasteiger charge is -2.34. The van der Waals surface area contributed by atoms with Crippen molar-refractivity contribution < 1.29 is 27.5 Å². The van der Waals surface area contributed by atoms with E-state index in [2.05, 4.69) is 5.43 Å². The van der Waals surface area contributed by atoms with Crippen LogP contribution in [0.25, 0.3) is 6.08 Å². The lowest BCUT2D eigenvalue weighted by atomic mass is 9.82. The minimum atomic E-state index is -4.03. The van der Waals surface area contributed by atoms with E-state index in [4.69, 9.17) is 15.3 Å². The molecule has 1 unspecified atom stereocenters. The molecular weight excluding hydrogens is 504 g/mol. The Bertz CT molecular complexity index is 1240. The molecule has 3 N–H and O–H groups in total. The van der Waals surface area contributed by atoms with Gasteiger partial charge < -0.3 is 9.47 Å². The van der Waals surface area contributed by atoms with Crippen LogP contribution < -0.4 is 11.3 Å². The fourth-order valence-corrected chi connectivity index (χ4v) is 6.56. The molecule has 0 saturated carbocycles. The molecule has 0 aromatic heterocycles. The van der Waals surface area contributed by atoms with Gasteiger partial charge in [-0.15, -0.1) is 0 Å². The van der Waals surface area contributed by atoms with E-state index in [0.717, 1.165) is 30.2 Å². The van der Waals surface area contributed by atoms with Crippen LogP contribution in [0.4, 0.5) is 0 Å². The highest BCUT2D eigenvalue weighted by atomic mass is 32.2. The Morgan fingerprint density at radius 1 is 1.21 bits per heavy atom. The van der Waals surface area contributed by atoms with Crippen molar-refractivity contribution in [3.63, 3.8) is 0 Å². The third kappa shape index (κ3) is 6.70. The summed E-state index contributed by atoms with van der Waals surface area (Å²) in [6.45, 7) is 4.16. The van der Waals surface area contributed by atoms with Crippen LogP contribution in [0.1, 0.15) is 73.6 Å². The topological polar surface area (TPSA) is 125 Å². The van der Waals surface area contributed by atoms with Crippen LogP contribution in [-0.2, 0) is 33.6 Å². The Morgan fingerprint density at radius 3 is 2.55 bits per heavy atom. The zero-order chi connectivity index (χ0) is 27.8. The van der Waals surface area contributed by atoms with Gasteiger partial charge in [0.25, 0.3) is 5.91 Å². The molecule has 0 spiro atoms. The summed E-state index contributed by atoms with van der Waals surface area (Å²) in [4.78, 5) is 26.9. The molecule has 8 nitrogen and oxygen atoms in total. The Morgan fingerprint density at radius 2 is 1.95 bits per heavy atom. The molecule has 38 heavy (non-hydrogen) atoms. The number of aryl methyl sites for hydroxylation is 1. The number of carbonyl (C=O) groups is 2. The molecule has 1 aliphatic heterocycles. The highest BCUT2D eigenvalue weighted by Gasteiger charge is 2.51. The quantitative estimate of drug-likeness (QED) is 0.188. The summed E-state index contributed by atoms with van der Waals surface area (Å²) in [6, 6.07) is 14.8. The Labute approximate surface area is 225 Å². The van der Waals surface area contributed by atoms with E-state index in [1.165, 1.54) is 0 Å².